The number of carbonyl (C=O) groups excluding carboxylic acids is 2. The lowest BCUT2D eigenvalue weighted by molar-refractivity contribution is -0.143. The SMILES string of the molecule is CCOC(=O)CC(N/C(=C\C(=O)OCc1ccccc1)C(C)C)c1ccc(Cl)cc1. The highest BCUT2D eigenvalue weighted by atomic mass is 35.5. The number of hydrogen-bond donors (Lipinski definition) is 1. The van der Waals surface area contributed by atoms with Gasteiger partial charge in [-0.3, -0.25) is 4.79 Å². The standard InChI is InChI=1S/C24H28ClNO4/c1-4-29-23(27)15-22(19-10-12-20(25)13-11-19)26-21(17(2)3)14-24(28)30-16-18-8-6-5-7-9-18/h5-14,17,22,26H,4,15-16H2,1-3H3/b21-14-. The zero-order valence-corrected chi connectivity index (χ0v) is 18.3. The summed E-state index contributed by atoms with van der Waals surface area (Å²) >= 11 is 6.00. The predicted molar refractivity (Wildman–Crippen MR) is 118 cm³/mol. The van der Waals surface area contributed by atoms with Crippen LogP contribution in [0.4, 0.5) is 0 Å². The van der Waals surface area contributed by atoms with E-state index in [1.807, 2.05) is 56.3 Å². The molecule has 0 bridgehead atoms. The molecule has 0 radical (unpaired) electrons. The number of carbonyl (C=O) groups is 2. The van der Waals surface area contributed by atoms with Crippen molar-refractivity contribution in [1.29, 1.82) is 0 Å². The van der Waals surface area contributed by atoms with E-state index in [2.05, 4.69) is 5.32 Å². The number of rotatable bonds is 10. The molecular weight excluding hydrogens is 402 g/mol. The number of hydrogen-bond acceptors (Lipinski definition) is 5. The quantitative estimate of drug-likeness (QED) is 0.415. The van der Waals surface area contributed by atoms with Gasteiger partial charge < -0.3 is 14.8 Å². The van der Waals surface area contributed by atoms with Crippen molar-refractivity contribution in [2.75, 3.05) is 6.61 Å². The maximum absolute atomic E-state index is 12.4. The Morgan fingerprint density at radius 3 is 2.30 bits per heavy atom. The lowest BCUT2D eigenvalue weighted by atomic mass is 10.0. The van der Waals surface area contributed by atoms with Gasteiger partial charge in [0, 0.05) is 16.8 Å². The van der Waals surface area contributed by atoms with E-state index in [0.29, 0.717) is 17.3 Å². The summed E-state index contributed by atoms with van der Waals surface area (Å²) < 4.78 is 10.5. The molecule has 0 saturated heterocycles. The second kappa shape index (κ2) is 12.0. The molecule has 1 N–H and O–H groups in total. The molecule has 0 heterocycles. The van der Waals surface area contributed by atoms with Crippen molar-refractivity contribution in [2.45, 2.75) is 39.8 Å². The molecule has 0 aliphatic rings. The molecule has 6 heteroatoms. The Hall–Kier alpha value is -2.79. The second-order valence-corrected chi connectivity index (χ2v) is 7.54. The second-order valence-electron chi connectivity index (χ2n) is 7.11. The first-order valence-electron chi connectivity index (χ1n) is 9.99. The highest BCUT2D eigenvalue weighted by Gasteiger charge is 2.20. The highest BCUT2D eigenvalue weighted by Crippen LogP contribution is 2.23. The van der Waals surface area contributed by atoms with Gasteiger partial charge in [0.1, 0.15) is 6.61 Å². The predicted octanol–water partition coefficient (Wildman–Crippen LogP) is 5.21. The van der Waals surface area contributed by atoms with Gasteiger partial charge in [-0.05, 0) is 36.1 Å². The maximum Gasteiger partial charge on any atom is 0.332 e. The third kappa shape index (κ3) is 7.91. The van der Waals surface area contributed by atoms with Crippen molar-refractivity contribution < 1.29 is 19.1 Å². The molecule has 0 fully saturated rings. The summed E-state index contributed by atoms with van der Waals surface area (Å²) in [5.74, 6) is -0.743. The molecule has 160 valence electrons. The molecule has 0 spiro atoms. The maximum atomic E-state index is 12.4. The molecular formula is C24H28ClNO4. The van der Waals surface area contributed by atoms with Crippen LogP contribution in [0, 0.1) is 5.92 Å². The van der Waals surface area contributed by atoms with Gasteiger partial charge in [0.25, 0.3) is 0 Å². The van der Waals surface area contributed by atoms with Gasteiger partial charge in [-0.2, -0.15) is 0 Å². The van der Waals surface area contributed by atoms with Crippen molar-refractivity contribution in [3.05, 3.63) is 82.5 Å². The monoisotopic (exact) mass is 429 g/mol. The molecule has 30 heavy (non-hydrogen) atoms. The number of nitrogens with one attached hydrogen (secondary N) is 1. The summed E-state index contributed by atoms with van der Waals surface area (Å²) in [4.78, 5) is 24.5. The van der Waals surface area contributed by atoms with Gasteiger partial charge in [0.15, 0.2) is 0 Å². The van der Waals surface area contributed by atoms with Crippen molar-refractivity contribution in [2.24, 2.45) is 5.92 Å². The van der Waals surface area contributed by atoms with Gasteiger partial charge in [-0.25, -0.2) is 4.79 Å². The fraction of sp³-hybridized carbons (Fsp3) is 0.333. The summed E-state index contributed by atoms with van der Waals surface area (Å²) in [5, 5.41) is 3.93. The van der Waals surface area contributed by atoms with Crippen molar-refractivity contribution in [3.63, 3.8) is 0 Å². The summed E-state index contributed by atoms with van der Waals surface area (Å²) in [6, 6.07) is 16.4. The number of allylic oxidation sites excluding steroid dienone is 1. The minimum atomic E-state index is -0.443. The van der Waals surface area contributed by atoms with Crippen LogP contribution >= 0.6 is 11.6 Å². The van der Waals surface area contributed by atoms with E-state index < -0.39 is 5.97 Å². The number of esters is 2. The molecule has 0 amide bonds. The van der Waals surface area contributed by atoms with Gasteiger partial charge in [0.05, 0.1) is 19.1 Å². The normalized spacial score (nSPS) is 12.4. The molecule has 0 aliphatic carbocycles. The Labute approximate surface area is 183 Å². The topological polar surface area (TPSA) is 64.6 Å². The third-order valence-electron chi connectivity index (χ3n) is 4.41. The number of halogens is 1. The first-order valence-corrected chi connectivity index (χ1v) is 10.4. The molecule has 2 rings (SSSR count). The Balaban J connectivity index is 2.15. The number of benzene rings is 2. The lowest BCUT2D eigenvalue weighted by Gasteiger charge is -2.24. The molecule has 5 nitrogen and oxygen atoms in total. The largest absolute Gasteiger partial charge is 0.466 e. The fourth-order valence-corrected chi connectivity index (χ4v) is 2.93. The van der Waals surface area contributed by atoms with Crippen LogP contribution in [0.2, 0.25) is 5.02 Å². The van der Waals surface area contributed by atoms with Crippen LogP contribution in [-0.4, -0.2) is 18.5 Å². The number of ether oxygens (including phenoxy) is 2. The summed E-state index contributed by atoms with van der Waals surface area (Å²) in [5.41, 5.74) is 2.47. The zero-order chi connectivity index (χ0) is 21.9. The van der Waals surface area contributed by atoms with Crippen LogP contribution in [-0.2, 0) is 25.7 Å². The molecule has 1 atom stereocenters. The van der Waals surface area contributed by atoms with Crippen LogP contribution in [0.5, 0.6) is 0 Å². The zero-order valence-electron chi connectivity index (χ0n) is 17.6. The van der Waals surface area contributed by atoms with Crippen LogP contribution in [0.25, 0.3) is 0 Å². The summed E-state index contributed by atoms with van der Waals surface area (Å²) in [7, 11) is 0. The minimum absolute atomic E-state index is 0.0197. The Morgan fingerprint density at radius 1 is 1.03 bits per heavy atom. The van der Waals surface area contributed by atoms with Crippen molar-refractivity contribution in [1.82, 2.24) is 5.32 Å². The smallest absolute Gasteiger partial charge is 0.332 e. The van der Waals surface area contributed by atoms with E-state index in [-0.39, 0.29) is 31.0 Å². The van der Waals surface area contributed by atoms with Gasteiger partial charge >= 0.3 is 11.9 Å². The lowest BCUT2D eigenvalue weighted by Crippen LogP contribution is -2.27. The first-order chi connectivity index (χ1) is 14.4. The molecule has 0 aromatic heterocycles. The highest BCUT2D eigenvalue weighted by molar-refractivity contribution is 6.30. The van der Waals surface area contributed by atoms with Crippen LogP contribution < -0.4 is 5.32 Å². The Kier molecular flexibility index (Phi) is 9.42. The van der Waals surface area contributed by atoms with Gasteiger partial charge in [-0.15, -0.1) is 0 Å². The average molecular weight is 430 g/mol. The van der Waals surface area contributed by atoms with E-state index in [0.717, 1.165) is 11.1 Å². The molecule has 1 unspecified atom stereocenters. The van der Waals surface area contributed by atoms with E-state index in [1.165, 1.54) is 6.08 Å². The Morgan fingerprint density at radius 2 is 1.70 bits per heavy atom. The Bertz CT molecular complexity index is 847. The summed E-state index contributed by atoms with van der Waals surface area (Å²) in [6.07, 6.45) is 1.57. The van der Waals surface area contributed by atoms with Gasteiger partial charge in [0.2, 0.25) is 0 Å². The fourth-order valence-electron chi connectivity index (χ4n) is 2.81. The molecule has 2 aromatic carbocycles. The van der Waals surface area contributed by atoms with Crippen molar-refractivity contribution in [3.8, 4) is 0 Å². The summed E-state index contributed by atoms with van der Waals surface area (Å²) in [6.45, 7) is 6.21. The van der Waals surface area contributed by atoms with Gasteiger partial charge in [-0.1, -0.05) is 67.9 Å². The average Bonchev–Trinajstić information content (AvgIpc) is 2.72. The van der Waals surface area contributed by atoms with Crippen LogP contribution in [0.15, 0.2) is 66.4 Å². The minimum Gasteiger partial charge on any atom is -0.466 e. The first kappa shape index (κ1) is 23.5. The van der Waals surface area contributed by atoms with E-state index in [9.17, 15) is 9.59 Å². The molecule has 0 aliphatic heterocycles. The van der Waals surface area contributed by atoms with Crippen molar-refractivity contribution >= 4 is 23.5 Å². The molecule has 2 aromatic rings. The van der Waals surface area contributed by atoms with Crippen LogP contribution in [0.1, 0.15) is 44.4 Å². The van der Waals surface area contributed by atoms with Crippen LogP contribution in [0.3, 0.4) is 0 Å². The van der Waals surface area contributed by atoms with E-state index in [4.69, 9.17) is 21.1 Å². The third-order valence-corrected chi connectivity index (χ3v) is 4.66. The molecule has 0 saturated carbocycles. The van der Waals surface area contributed by atoms with E-state index in [1.54, 1.807) is 19.1 Å². The van der Waals surface area contributed by atoms with E-state index >= 15 is 0 Å².